The van der Waals surface area contributed by atoms with Crippen molar-refractivity contribution in [2.75, 3.05) is 0 Å². The van der Waals surface area contributed by atoms with E-state index in [9.17, 15) is 62.6 Å². The second-order valence-corrected chi connectivity index (χ2v) is 27.4. The molecule has 1 aromatic carbocycles. The molecule has 0 radical (unpaired) electrons. The van der Waals surface area contributed by atoms with E-state index in [4.69, 9.17) is 11.5 Å². The molecule has 524 valence electrons. The number of benzene rings is 1. The van der Waals surface area contributed by atoms with E-state index in [2.05, 4.69) is 58.2 Å². The molecule has 0 aliphatic heterocycles. The molecule has 0 aliphatic carbocycles. The minimum Gasteiger partial charge on any atom is -0.480 e. The molecule has 2 aromatic rings. The van der Waals surface area contributed by atoms with Crippen LogP contribution in [-0.4, -0.2) is 147 Å². The number of hydrogen-bond donors (Lipinski definition) is 14. The van der Waals surface area contributed by atoms with Crippen molar-refractivity contribution in [3.05, 3.63) is 36.0 Å². The van der Waals surface area contributed by atoms with Gasteiger partial charge in [0.1, 0.15) is 60.4 Å². The predicted molar refractivity (Wildman–Crippen MR) is 357 cm³/mol. The fourth-order valence-electron chi connectivity index (χ4n) is 10.6. The number of nitrogens with one attached hydrogen (secondary N) is 11. The molecule has 93 heavy (non-hydrogen) atoms. The third-order valence-corrected chi connectivity index (χ3v) is 16.6. The highest BCUT2D eigenvalue weighted by Gasteiger charge is 2.38. The summed E-state index contributed by atoms with van der Waals surface area (Å²) in [6, 6.07) is -5.88. The molecule has 0 unspecified atom stereocenters. The number of aromatic nitrogens is 1. The Hall–Kier alpha value is -7.64. The van der Waals surface area contributed by atoms with Crippen LogP contribution in [0.3, 0.4) is 0 Å². The number of aromatic amines is 1. The zero-order valence-corrected chi connectivity index (χ0v) is 58.1. The highest BCUT2D eigenvalue weighted by atomic mass is 16.4. The van der Waals surface area contributed by atoms with Crippen molar-refractivity contribution >= 4 is 81.9 Å². The van der Waals surface area contributed by atoms with Crippen molar-refractivity contribution in [2.24, 2.45) is 58.8 Å². The van der Waals surface area contributed by atoms with Crippen LogP contribution < -0.4 is 64.6 Å². The lowest BCUT2D eigenvalue weighted by atomic mass is 9.95. The van der Waals surface area contributed by atoms with E-state index in [1.165, 1.54) is 6.92 Å². The normalized spacial score (nSPS) is 16.2. The first-order valence-electron chi connectivity index (χ1n) is 33.3. The number of nitrogens with two attached hydrogens (primary N) is 2. The summed E-state index contributed by atoms with van der Waals surface area (Å²) in [4.78, 5) is 168. The lowest BCUT2D eigenvalue weighted by Crippen LogP contribution is -2.61. The standard InChI is InChI=1S/C67H113N13O13/c1-18-39(14)54(65(90)71-42(17)57(82)73-48(27-34(4)5)60(85)74-49(28-35(6)7)61(86)76-52(31-38(12)13)64(89)80-56(67(92)93)41(16)20-3)79-63(88)51(30-37(10)11)75-62(87)50(29-36(8)9)77-66(91)55(40(15)19-2)78-59(84)47(25-26-53(69)81)72-58(83)45(68)32-43-33-70-46-24-22-21-23-44(43)46/h21-24,33-42,45,47-52,54-56,70H,18-20,25-32,68H2,1-17H3,(H2,69,81)(H,71,90)(H,72,83)(H,73,82)(H,74,85)(H,75,87)(H,76,86)(H,77,91)(H,78,84)(H,79,88)(H,80,89)(H,92,93)/t39-,40-,41-,42-,45-,47-,48-,49-,50-,51-,52-,54-,55-,56-/m0/s1. The van der Waals surface area contributed by atoms with Crippen LogP contribution in [0.5, 0.6) is 0 Å². The number of carbonyl (C=O) groups is 12. The molecule has 0 fully saturated rings. The Morgan fingerprint density at radius 2 is 0.742 bits per heavy atom. The van der Waals surface area contributed by atoms with E-state index in [-0.39, 0.29) is 81.0 Å². The molecule has 11 amide bonds. The molecule has 16 N–H and O–H groups in total. The summed E-state index contributed by atoms with van der Waals surface area (Å²) in [5.41, 5.74) is 13.5. The van der Waals surface area contributed by atoms with Crippen LogP contribution in [-0.2, 0) is 64.0 Å². The average Bonchev–Trinajstić information content (AvgIpc) is 1.86. The minimum absolute atomic E-state index is 0.0919. The zero-order valence-electron chi connectivity index (χ0n) is 58.1. The van der Waals surface area contributed by atoms with Gasteiger partial charge >= 0.3 is 5.97 Å². The first-order valence-corrected chi connectivity index (χ1v) is 33.3. The summed E-state index contributed by atoms with van der Waals surface area (Å²) in [7, 11) is 0. The van der Waals surface area contributed by atoms with Crippen LogP contribution in [0.25, 0.3) is 10.9 Å². The topological polar surface area (TPSA) is 413 Å². The highest BCUT2D eigenvalue weighted by Crippen LogP contribution is 2.21. The first-order chi connectivity index (χ1) is 43.4. The third kappa shape index (κ3) is 27.8. The number of para-hydroxylation sites is 1. The maximum atomic E-state index is 14.5. The van der Waals surface area contributed by atoms with Crippen molar-refractivity contribution in [3.63, 3.8) is 0 Å². The minimum atomic E-state index is -1.33. The SMILES string of the molecule is CC[C@H](C)[C@H](NC(=O)[C@H](CC(C)C)NC(=O)[C@H](CC(C)C)NC(=O)[C@H](CC(C)C)NC(=O)[C@H](C)NC(=O)[C@@H](NC(=O)[C@H](CC(C)C)NC(=O)[C@H](CC(C)C)NC(=O)[C@@H](NC(=O)[C@H](CCC(N)=O)NC(=O)[C@@H](N)Cc1c[nH]c2ccccc12)[C@@H](C)CC)[C@@H](C)CC)C(=O)O. The molecule has 0 spiro atoms. The summed E-state index contributed by atoms with van der Waals surface area (Å²) in [5, 5.41) is 38.0. The first kappa shape index (κ1) is 81.5. The van der Waals surface area contributed by atoms with Gasteiger partial charge in [0, 0.05) is 23.5 Å². The molecular formula is C67H113N13O13. The maximum Gasteiger partial charge on any atom is 0.326 e. The van der Waals surface area contributed by atoms with E-state index in [1.54, 1.807) is 47.7 Å². The lowest BCUT2D eigenvalue weighted by Gasteiger charge is -2.31. The molecule has 0 aliphatic rings. The van der Waals surface area contributed by atoms with Crippen molar-refractivity contribution in [1.29, 1.82) is 0 Å². The number of hydrogen-bond acceptors (Lipinski definition) is 13. The number of H-pyrrole nitrogens is 1. The Labute approximate surface area is 550 Å². The lowest BCUT2D eigenvalue weighted by molar-refractivity contribution is -0.144. The van der Waals surface area contributed by atoms with E-state index in [0.29, 0.717) is 19.3 Å². The molecule has 14 atom stereocenters. The molecule has 1 aromatic heterocycles. The summed E-state index contributed by atoms with van der Waals surface area (Å²) in [5.74, 6) is -11.3. The van der Waals surface area contributed by atoms with Gasteiger partial charge in [-0.25, -0.2) is 4.79 Å². The number of rotatable bonds is 42. The largest absolute Gasteiger partial charge is 0.480 e. The van der Waals surface area contributed by atoms with Crippen molar-refractivity contribution < 1.29 is 62.6 Å². The molecule has 26 heteroatoms. The molecular weight excluding hydrogens is 1190 g/mol. The van der Waals surface area contributed by atoms with Gasteiger partial charge in [0.05, 0.1) is 6.04 Å². The molecule has 2 rings (SSSR count). The van der Waals surface area contributed by atoms with E-state index in [0.717, 1.165) is 16.5 Å². The monoisotopic (exact) mass is 1310 g/mol. The van der Waals surface area contributed by atoms with Crippen LogP contribution in [0.1, 0.15) is 187 Å². The van der Waals surface area contributed by atoms with E-state index >= 15 is 0 Å². The third-order valence-electron chi connectivity index (χ3n) is 16.6. The Morgan fingerprint density at radius 1 is 0.419 bits per heavy atom. The van der Waals surface area contributed by atoms with Crippen LogP contribution in [0.15, 0.2) is 30.5 Å². The van der Waals surface area contributed by atoms with Gasteiger partial charge in [-0.15, -0.1) is 0 Å². The van der Waals surface area contributed by atoms with Gasteiger partial charge in [0.15, 0.2) is 0 Å². The zero-order chi connectivity index (χ0) is 70.7. The van der Waals surface area contributed by atoms with E-state index in [1.807, 2.05) is 93.5 Å². The summed E-state index contributed by atoms with van der Waals surface area (Å²) < 4.78 is 0. The Morgan fingerprint density at radius 3 is 1.12 bits per heavy atom. The fourth-order valence-corrected chi connectivity index (χ4v) is 10.6. The number of amides is 11. The van der Waals surface area contributed by atoms with Gasteiger partial charge in [0.25, 0.3) is 0 Å². The van der Waals surface area contributed by atoms with Gasteiger partial charge < -0.3 is 74.7 Å². The number of primary amides is 1. The van der Waals surface area contributed by atoms with E-state index < -0.39 is 155 Å². The van der Waals surface area contributed by atoms with Gasteiger partial charge in [-0.3, -0.25) is 52.7 Å². The molecule has 0 saturated carbocycles. The maximum absolute atomic E-state index is 14.5. The molecule has 0 saturated heterocycles. The number of fused-ring (bicyclic) bond motifs is 1. The Kier molecular flexibility index (Phi) is 34.9. The van der Waals surface area contributed by atoms with Crippen LogP contribution in [0.2, 0.25) is 0 Å². The Balaban J connectivity index is 2.35. The highest BCUT2D eigenvalue weighted by molar-refractivity contribution is 5.99. The summed E-state index contributed by atoms with van der Waals surface area (Å²) >= 11 is 0. The van der Waals surface area contributed by atoms with Crippen LogP contribution >= 0.6 is 0 Å². The second kappa shape index (κ2) is 39.8. The molecule has 26 nitrogen and oxygen atoms in total. The number of carbonyl (C=O) groups excluding carboxylic acids is 11. The van der Waals surface area contributed by atoms with Gasteiger partial charge in [-0.05, 0) is 111 Å². The number of carboxylic acid groups (broad SMARTS) is 1. The quantitative estimate of drug-likeness (QED) is 0.0452. The fraction of sp³-hybridized carbons (Fsp3) is 0.701. The average molecular weight is 1310 g/mol. The smallest absolute Gasteiger partial charge is 0.326 e. The van der Waals surface area contributed by atoms with Crippen molar-refractivity contribution in [1.82, 2.24) is 58.2 Å². The van der Waals surface area contributed by atoms with Crippen LogP contribution in [0, 0.1) is 47.3 Å². The molecule has 1 heterocycles. The number of carboxylic acids is 1. The predicted octanol–water partition coefficient (Wildman–Crippen LogP) is 3.62. The van der Waals surface area contributed by atoms with Gasteiger partial charge in [-0.1, -0.05) is 148 Å². The molecule has 0 bridgehead atoms. The summed E-state index contributed by atoms with van der Waals surface area (Å²) in [6.07, 6.45) is 3.26. The van der Waals surface area contributed by atoms with Crippen molar-refractivity contribution in [3.8, 4) is 0 Å². The van der Waals surface area contributed by atoms with Gasteiger partial charge in [0.2, 0.25) is 65.0 Å². The number of aliphatic carboxylic acids is 1. The summed E-state index contributed by atoms with van der Waals surface area (Å²) in [6.45, 7) is 30.3. The van der Waals surface area contributed by atoms with Gasteiger partial charge in [-0.2, -0.15) is 0 Å². The van der Waals surface area contributed by atoms with Crippen LogP contribution in [0.4, 0.5) is 0 Å². The Bertz CT molecular complexity index is 2820. The second-order valence-electron chi connectivity index (χ2n) is 27.4. The van der Waals surface area contributed by atoms with Crippen molar-refractivity contribution in [2.45, 2.75) is 255 Å².